The number of amides is 1. The highest BCUT2D eigenvalue weighted by Gasteiger charge is 2.21. The summed E-state index contributed by atoms with van der Waals surface area (Å²) >= 11 is 5.96. The lowest BCUT2D eigenvalue weighted by molar-refractivity contribution is -0.139. The van der Waals surface area contributed by atoms with Crippen molar-refractivity contribution >= 4 is 23.5 Å². The largest absolute Gasteiger partial charge is 0.480 e. The van der Waals surface area contributed by atoms with Crippen molar-refractivity contribution in [2.24, 2.45) is 0 Å². The second kappa shape index (κ2) is 6.41. The zero-order chi connectivity index (χ0) is 15.4. The molecule has 21 heavy (non-hydrogen) atoms. The van der Waals surface area contributed by atoms with E-state index in [0.29, 0.717) is 16.3 Å². The number of carboxylic acid groups (broad SMARTS) is 1. The van der Waals surface area contributed by atoms with E-state index < -0.39 is 17.9 Å². The highest BCUT2D eigenvalue weighted by molar-refractivity contribution is 6.31. The van der Waals surface area contributed by atoms with Crippen molar-refractivity contribution < 1.29 is 14.7 Å². The lowest BCUT2D eigenvalue weighted by Crippen LogP contribution is -2.42. The third-order valence-corrected chi connectivity index (χ3v) is 3.42. The number of aromatic nitrogens is 2. The molecule has 110 valence electrons. The maximum absolute atomic E-state index is 12.1. The van der Waals surface area contributed by atoms with Crippen LogP contribution in [0.1, 0.15) is 21.6 Å². The lowest BCUT2D eigenvalue weighted by Gasteiger charge is -2.14. The summed E-state index contributed by atoms with van der Waals surface area (Å²) < 4.78 is 0. The van der Waals surface area contributed by atoms with Gasteiger partial charge in [0.2, 0.25) is 0 Å². The van der Waals surface area contributed by atoms with Crippen molar-refractivity contribution in [3.63, 3.8) is 0 Å². The fourth-order valence-electron chi connectivity index (χ4n) is 1.79. The fourth-order valence-corrected chi connectivity index (χ4v) is 1.97. The van der Waals surface area contributed by atoms with Gasteiger partial charge in [-0.3, -0.25) is 4.79 Å². The predicted octanol–water partition coefficient (Wildman–Crippen LogP) is 1.80. The first kappa shape index (κ1) is 15.1. The van der Waals surface area contributed by atoms with Gasteiger partial charge >= 0.3 is 5.97 Å². The van der Waals surface area contributed by atoms with E-state index in [1.165, 1.54) is 18.6 Å². The van der Waals surface area contributed by atoms with E-state index in [4.69, 9.17) is 11.6 Å². The number of aromatic amines is 1. The molecule has 0 aliphatic heterocycles. The molecular formula is C14H14ClN3O3. The van der Waals surface area contributed by atoms with Gasteiger partial charge in [0.15, 0.2) is 0 Å². The van der Waals surface area contributed by atoms with Crippen LogP contribution in [0.15, 0.2) is 30.7 Å². The molecule has 1 aromatic carbocycles. The van der Waals surface area contributed by atoms with Crippen LogP contribution in [0, 0.1) is 6.92 Å². The van der Waals surface area contributed by atoms with Gasteiger partial charge in [0, 0.05) is 28.9 Å². The van der Waals surface area contributed by atoms with Crippen molar-refractivity contribution in [3.8, 4) is 0 Å². The smallest absolute Gasteiger partial charge is 0.326 e. The number of nitrogens with zero attached hydrogens (tertiary/aromatic N) is 1. The summed E-state index contributed by atoms with van der Waals surface area (Å²) in [4.78, 5) is 30.0. The number of carbonyl (C=O) groups excluding carboxylic acids is 1. The van der Waals surface area contributed by atoms with Crippen LogP contribution in [0.2, 0.25) is 5.02 Å². The number of nitrogens with one attached hydrogen (secondary N) is 2. The van der Waals surface area contributed by atoms with Crippen molar-refractivity contribution in [2.75, 3.05) is 0 Å². The first-order valence-electron chi connectivity index (χ1n) is 6.24. The Labute approximate surface area is 126 Å². The summed E-state index contributed by atoms with van der Waals surface area (Å²) in [5, 5.41) is 12.1. The summed E-state index contributed by atoms with van der Waals surface area (Å²) in [5.74, 6) is -1.60. The highest BCUT2D eigenvalue weighted by Crippen LogP contribution is 2.16. The molecule has 0 bridgehead atoms. The molecule has 2 aromatic rings. The molecule has 3 N–H and O–H groups in total. The Kier molecular flexibility index (Phi) is 4.59. The summed E-state index contributed by atoms with van der Waals surface area (Å²) in [5.41, 5.74) is 1.80. The van der Waals surface area contributed by atoms with Crippen molar-refractivity contribution in [2.45, 2.75) is 19.4 Å². The SMILES string of the molecule is Cc1ccc(C(=O)N[C@H](Cc2cnc[nH]2)C(=O)O)cc1Cl. The quantitative estimate of drug-likeness (QED) is 0.785. The van der Waals surface area contributed by atoms with Gasteiger partial charge in [0.1, 0.15) is 6.04 Å². The molecule has 0 aliphatic carbocycles. The molecule has 0 saturated heterocycles. The Hall–Kier alpha value is -2.34. The van der Waals surface area contributed by atoms with Crippen LogP contribution in [0.4, 0.5) is 0 Å². The summed E-state index contributed by atoms with van der Waals surface area (Å²) in [6.45, 7) is 1.82. The van der Waals surface area contributed by atoms with Crippen molar-refractivity contribution in [3.05, 3.63) is 52.6 Å². The zero-order valence-electron chi connectivity index (χ0n) is 11.3. The molecule has 6 nitrogen and oxygen atoms in total. The van der Waals surface area contributed by atoms with Gasteiger partial charge in [-0.25, -0.2) is 9.78 Å². The Morgan fingerprint density at radius 1 is 1.48 bits per heavy atom. The highest BCUT2D eigenvalue weighted by atomic mass is 35.5. The van der Waals surface area contributed by atoms with Crippen LogP contribution < -0.4 is 5.32 Å². The molecule has 0 saturated carbocycles. The topological polar surface area (TPSA) is 95.1 Å². The second-order valence-corrected chi connectivity index (χ2v) is 5.02. The van der Waals surface area contributed by atoms with Crippen molar-refractivity contribution in [1.82, 2.24) is 15.3 Å². The monoisotopic (exact) mass is 307 g/mol. The van der Waals surface area contributed by atoms with Crippen LogP contribution in [0.25, 0.3) is 0 Å². The maximum Gasteiger partial charge on any atom is 0.326 e. The van der Waals surface area contributed by atoms with Crippen molar-refractivity contribution in [1.29, 1.82) is 0 Å². The molecule has 1 amide bonds. The van der Waals surface area contributed by atoms with E-state index in [2.05, 4.69) is 15.3 Å². The molecule has 1 aromatic heterocycles. The Balaban J connectivity index is 2.10. The zero-order valence-corrected chi connectivity index (χ0v) is 12.0. The van der Waals surface area contributed by atoms with Gasteiger partial charge in [0.05, 0.1) is 6.33 Å². The minimum atomic E-state index is -1.11. The number of imidazole rings is 1. The maximum atomic E-state index is 12.1. The van der Waals surface area contributed by atoms with Gasteiger partial charge in [0.25, 0.3) is 5.91 Å². The first-order valence-corrected chi connectivity index (χ1v) is 6.62. The summed E-state index contributed by atoms with van der Waals surface area (Å²) in [6, 6.07) is 3.78. The third-order valence-electron chi connectivity index (χ3n) is 3.02. The fraction of sp³-hybridized carbons (Fsp3) is 0.214. The number of carboxylic acids is 1. The molecule has 1 atom stereocenters. The third kappa shape index (κ3) is 3.82. The molecule has 0 fully saturated rings. The normalized spacial score (nSPS) is 11.9. The second-order valence-electron chi connectivity index (χ2n) is 4.61. The minimum absolute atomic E-state index is 0.126. The molecule has 0 unspecified atom stereocenters. The van der Waals surface area contributed by atoms with Gasteiger partial charge < -0.3 is 15.4 Å². The van der Waals surface area contributed by atoms with E-state index in [-0.39, 0.29) is 6.42 Å². The first-order chi connectivity index (χ1) is 9.97. The molecule has 7 heteroatoms. The lowest BCUT2D eigenvalue weighted by atomic mass is 10.1. The Bertz CT molecular complexity index is 655. The molecular weight excluding hydrogens is 294 g/mol. The Morgan fingerprint density at radius 3 is 2.81 bits per heavy atom. The number of carbonyl (C=O) groups is 2. The number of aliphatic carboxylic acids is 1. The average Bonchev–Trinajstić information content (AvgIpc) is 2.93. The molecule has 0 radical (unpaired) electrons. The summed E-state index contributed by atoms with van der Waals surface area (Å²) in [6.07, 6.45) is 3.10. The number of halogens is 1. The average molecular weight is 308 g/mol. The van der Waals surface area contributed by atoms with E-state index in [1.54, 1.807) is 12.1 Å². The van der Waals surface area contributed by atoms with Crippen LogP contribution in [-0.2, 0) is 11.2 Å². The van der Waals surface area contributed by atoms with Gasteiger partial charge in [-0.2, -0.15) is 0 Å². The van der Waals surface area contributed by atoms with Crippen LogP contribution in [0.3, 0.4) is 0 Å². The predicted molar refractivity (Wildman–Crippen MR) is 77.4 cm³/mol. The number of hydrogen-bond donors (Lipinski definition) is 3. The number of rotatable bonds is 5. The number of hydrogen-bond acceptors (Lipinski definition) is 3. The molecule has 0 spiro atoms. The Morgan fingerprint density at radius 2 is 2.24 bits per heavy atom. The van der Waals surface area contributed by atoms with Crippen LogP contribution in [0.5, 0.6) is 0 Å². The van der Waals surface area contributed by atoms with Crippen LogP contribution >= 0.6 is 11.6 Å². The molecule has 2 rings (SSSR count). The standard InChI is InChI=1S/C14H14ClN3O3/c1-8-2-3-9(4-11(8)15)13(19)18-12(14(20)21)5-10-6-16-7-17-10/h2-4,6-7,12H,5H2,1H3,(H,16,17)(H,18,19)(H,20,21)/t12-/m1/s1. The number of aryl methyl sites for hydroxylation is 1. The van der Waals surface area contributed by atoms with Gasteiger partial charge in [-0.05, 0) is 24.6 Å². The van der Waals surface area contributed by atoms with E-state index in [0.717, 1.165) is 5.56 Å². The number of H-pyrrole nitrogens is 1. The summed E-state index contributed by atoms with van der Waals surface area (Å²) in [7, 11) is 0. The van der Waals surface area contributed by atoms with Gasteiger partial charge in [-0.1, -0.05) is 17.7 Å². The molecule has 0 aliphatic rings. The van der Waals surface area contributed by atoms with Gasteiger partial charge in [-0.15, -0.1) is 0 Å². The van der Waals surface area contributed by atoms with Crippen LogP contribution in [-0.4, -0.2) is 33.0 Å². The van der Waals surface area contributed by atoms with E-state index >= 15 is 0 Å². The minimum Gasteiger partial charge on any atom is -0.480 e. The molecule has 1 heterocycles. The van der Waals surface area contributed by atoms with E-state index in [9.17, 15) is 14.7 Å². The van der Waals surface area contributed by atoms with E-state index in [1.807, 2.05) is 6.92 Å². The number of benzene rings is 1.